The van der Waals surface area contributed by atoms with Crippen molar-refractivity contribution < 1.29 is 29.0 Å². The number of hydrogen-bond acceptors (Lipinski definition) is 6. The van der Waals surface area contributed by atoms with Crippen molar-refractivity contribution in [2.45, 2.75) is 51.5 Å². The molecule has 1 aromatic rings. The van der Waals surface area contributed by atoms with Crippen LogP contribution in [0.2, 0.25) is 0 Å². The van der Waals surface area contributed by atoms with E-state index in [1.807, 2.05) is 37.3 Å². The first-order chi connectivity index (χ1) is 14.3. The minimum atomic E-state index is -1.31. The molecule has 0 aliphatic rings. The number of rotatable bonds is 14. The van der Waals surface area contributed by atoms with E-state index in [1.165, 1.54) is 0 Å². The van der Waals surface area contributed by atoms with Gasteiger partial charge in [-0.25, -0.2) is 4.79 Å². The number of ether oxygens (including phenoxy) is 1. The number of carboxylic acid groups (broad SMARTS) is 1. The largest absolute Gasteiger partial charge is 0.481 e. The van der Waals surface area contributed by atoms with E-state index in [2.05, 4.69) is 10.1 Å². The van der Waals surface area contributed by atoms with Crippen molar-refractivity contribution in [3.63, 3.8) is 0 Å². The number of methoxy groups -OCH3 is 1. The van der Waals surface area contributed by atoms with Gasteiger partial charge in [0.25, 0.3) is 0 Å². The van der Waals surface area contributed by atoms with Crippen molar-refractivity contribution in [1.29, 1.82) is 0 Å². The van der Waals surface area contributed by atoms with Crippen molar-refractivity contribution in [2.75, 3.05) is 13.7 Å². The molecule has 8 nitrogen and oxygen atoms in total. The van der Waals surface area contributed by atoms with E-state index >= 15 is 0 Å². The molecule has 0 unspecified atom stereocenters. The fourth-order valence-corrected chi connectivity index (χ4v) is 3.16. The van der Waals surface area contributed by atoms with Crippen LogP contribution in [0.15, 0.2) is 30.3 Å². The maximum atomic E-state index is 12.9. The Kier molecular flexibility index (Phi) is 11.4. The highest BCUT2D eigenvalue weighted by atomic mass is 16.5. The summed E-state index contributed by atoms with van der Waals surface area (Å²) in [6.07, 6.45) is 2.07. The van der Waals surface area contributed by atoms with E-state index in [9.17, 15) is 19.2 Å². The normalized spacial score (nSPS) is 13.7. The molecule has 0 aliphatic heterocycles. The average molecular weight is 421 g/mol. The summed E-state index contributed by atoms with van der Waals surface area (Å²) in [6, 6.07) is 7.92. The minimum Gasteiger partial charge on any atom is -0.481 e. The molecule has 0 bridgehead atoms. The summed E-state index contributed by atoms with van der Waals surface area (Å²) < 4.78 is 4.59. The van der Waals surface area contributed by atoms with Gasteiger partial charge in [-0.2, -0.15) is 0 Å². The van der Waals surface area contributed by atoms with Crippen LogP contribution >= 0.6 is 0 Å². The topological polar surface area (TPSA) is 136 Å². The lowest BCUT2D eigenvalue weighted by Crippen LogP contribution is -2.46. The number of carboxylic acids is 1. The highest BCUT2D eigenvalue weighted by molar-refractivity contribution is 5.91. The van der Waals surface area contributed by atoms with Crippen LogP contribution in [0.5, 0.6) is 0 Å². The Labute approximate surface area is 177 Å². The zero-order chi connectivity index (χ0) is 22.5. The third-order valence-corrected chi connectivity index (χ3v) is 4.97. The van der Waals surface area contributed by atoms with Gasteiger partial charge in [0.15, 0.2) is 0 Å². The number of nitrogens with one attached hydrogen (secondary N) is 1. The summed E-state index contributed by atoms with van der Waals surface area (Å²) in [5, 5.41) is 11.5. The zero-order valence-corrected chi connectivity index (χ0v) is 17.6. The van der Waals surface area contributed by atoms with Gasteiger partial charge < -0.3 is 20.9 Å². The Morgan fingerprint density at radius 3 is 2.33 bits per heavy atom. The molecule has 166 valence electrons. The van der Waals surface area contributed by atoms with E-state index in [-0.39, 0.29) is 18.1 Å². The first kappa shape index (κ1) is 25.3. The van der Waals surface area contributed by atoms with Crippen molar-refractivity contribution in [3.05, 3.63) is 35.9 Å². The van der Waals surface area contributed by atoms with Crippen molar-refractivity contribution in [1.82, 2.24) is 5.32 Å². The van der Waals surface area contributed by atoms with Crippen LogP contribution in [-0.2, 0) is 30.3 Å². The smallest absolute Gasteiger partial charge is 0.328 e. The van der Waals surface area contributed by atoms with Gasteiger partial charge in [0.05, 0.1) is 13.5 Å². The summed E-state index contributed by atoms with van der Waals surface area (Å²) >= 11 is 0. The van der Waals surface area contributed by atoms with Crippen molar-refractivity contribution in [3.8, 4) is 0 Å². The Hall–Kier alpha value is -2.74. The van der Waals surface area contributed by atoms with Gasteiger partial charge in [-0.05, 0) is 31.4 Å². The van der Waals surface area contributed by atoms with E-state index in [0.717, 1.165) is 25.5 Å². The molecule has 8 heteroatoms. The third-order valence-electron chi connectivity index (χ3n) is 4.97. The number of hydrogen-bond donors (Lipinski definition) is 3. The van der Waals surface area contributed by atoms with Crippen LogP contribution in [0.25, 0.3) is 0 Å². The molecule has 0 fully saturated rings. The van der Waals surface area contributed by atoms with Crippen LogP contribution in [0.3, 0.4) is 0 Å². The molecular weight excluding hydrogens is 388 g/mol. The quantitative estimate of drug-likeness (QED) is 0.308. The fourth-order valence-electron chi connectivity index (χ4n) is 3.16. The number of ketones is 1. The summed E-state index contributed by atoms with van der Waals surface area (Å²) in [5.41, 5.74) is 6.37. The molecule has 4 N–H and O–H groups in total. The second-order valence-corrected chi connectivity index (χ2v) is 7.42. The molecule has 0 heterocycles. The van der Waals surface area contributed by atoms with E-state index in [0.29, 0.717) is 19.4 Å². The Morgan fingerprint density at radius 1 is 1.10 bits per heavy atom. The fraction of sp³-hybridized carbons (Fsp3) is 0.545. The van der Waals surface area contributed by atoms with E-state index in [1.54, 1.807) is 0 Å². The number of carbonyl (C=O) groups is 4. The van der Waals surface area contributed by atoms with Crippen molar-refractivity contribution >= 4 is 23.6 Å². The maximum absolute atomic E-state index is 12.9. The lowest BCUT2D eigenvalue weighted by atomic mass is 9.87. The lowest BCUT2D eigenvalue weighted by Gasteiger charge is -2.21. The third kappa shape index (κ3) is 9.17. The second kappa shape index (κ2) is 13.5. The number of Topliss-reactive ketones (excluding diaryl/α,β-unsaturated/α-hetero) is 1. The maximum Gasteiger partial charge on any atom is 0.328 e. The van der Waals surface area contributed by atoms with Gasteiger partial charge in [-0.1, -0.05) is 43.7 Å². The summed E-state index contributed by atoms with van der Waals surface area (Å²) in [7, 11) is 1.12. The predicted molar refractivity (Wildman–Crippen MR) is 112 cm³/mol. The summed E-state index contributed by atoms with van der Waals surface area (Å²) in [6.45, 7) is 2.40. The highest BCUT2D eigenvalue weighted by Gasteiger charge is 2.30. The standard InChI is InChI=1S/C22H32N2O6/c1-15(8-6-7-11-23)19(25)13-17(12-16-9-4-3-5-10-16)21(28)24-18(14-20(26)27)22(29)30-2/h3-5,9-10,15,17-18H,6-8,11-14,23H2,1-2H3,(H,24,28)(H,26,27)/t15-,17+,18-/m0/s1. The molecule has 30 heavy (non-hydrogen) atoms. The first-order valence-corrected chi connectivity index (χ1v) is 10.1. The monoisotopic (exact) mass is 420 g/mol. The Balaban J connectivity index is 2.92. The average Bonchev–Trinajstić information content (AvgIpc) is 2.72. The number of carbonyl (C=O) groups excluding carboxylic acids is 3. The lowest BCUT2D eigenvalue weighted by molar-refractivity contribution is -0.150. The molecule has 3 atom stereocenters. The zero-order valence-electron chi connectivity index (χ0n) is 17.6. The number of aliphatic carboxylic acids is 1. The summed E-state index contributed by atoms with van der Waals surface area (Å²) in [4.78, 5) is 48.5. The van der Waals surface area contributed by atoms with E-state index in [4.69, 9.17) is 10.8 Å². The number of esters is 1. The molecule has 0 saturated heterocycles. The first-order valence-electron chi connectivity index (χ1n) is 10.1. The van der Waals surface area contributed by atoms with Crippen LogP contribution < -0.4 is 11.1 Å². The minimum absolute atomic E-state index is 0.00544. The van der Waals surface area contributed by atoms with Crippen LogP contribution in [0.4, 0.5) is 0 Å². The molecule has 1 aromatic carbocycles. The molecule has 1 amide bonds. The van der Waals surface area contributed by atoms with Gasteiger partial charge >= 0.3 is 11.9 Å². The molecular formula is C22H32N2O6. The number of benzene rings is 1. The predicted octanol–water partition coefficient (Wildman–Crippen LogP) is 1.70. The second-order valence-electron chi connectivity index (χ2n) is 7.42. The highest BCUT2D eigenvalue weighted by Crippen LogP contribution is 2.19. The van der Waals surface area contributed by atoms with Crippen molar-refractivity contribution in [2.24, 2.45) is 17.6 Å². The summed E-state index contributed by atoms with van der Waals surface area (Å²) in [5.74, 6) is -3.61. The van der Waals surface area contributed by atoms with Gasteiger partial charge in [-0.15, -0.1) is 0 Å². The number of unbranched alkanes of at least 4 members (excludes halogenated alkanes) is 1. The number of nitrogens with two attached hydrogens (primary N) is 1. The van der Waals surface area contributed by atoms with Crippen LogP contribution in [-0.4, -0.2) is 48.4 Å². The van der Waals surface area contributed by atoms with Crippen LogP contribution in [0, 0.1) is 11.8 Å². The van der Waals surface area contributed by atoms with Gasteiger partial charge in [0.1, 0.15) is 11.8 Å². The molecule has 1 rings (SSSR count). The van der Waals surface area contributed by atoms with Gasteiger partial charge in [0, 0.05) is 18.3 Å². The molecule has 0 radical (unpaired) electrons. The molecule has 0 aromatic heterocycles. The number of amides is 1. The molecule has 0 saturated carbocycles. The molecule has 0 spiro atoms. The SMILES string of the molecule is COC(=O)[C@H](CC(=O)O)NC(=O)[C@@H](CC(=O)[C@@H](C)CCCCN)Cc1ccccc1. The van der Waals surface area contributed by atoms with E-state index < -0.39 is 36.2 Å². The Bertz CT molecular complexity index is 707. The Morgan fingerprint density at radius 2 is 1.77 bits per heavy atom. The van der Waals surface area contributed by atoms with Gasteiger partial charge in [0.2, 0.25) is 5.91 Å². The van der Waals surface area contributed by atoms with Gasteiger partial charge in [-0.3, -0.25) is 14.4 Å². The van der Waals surface area contributed by atoms with Crippen LogP contribution in [0.1, 0.15) is 44.6 Å². The molecule has 0 aliphatic carbocycles.